The van der Waals surface area contributed by atoms with E-state index >= 15 is 0 Å². The van der Waals surface area contributed by atoms with Gasteiger partial charge in [-0.15, -0.1) is 0 Å². The molecular formula is C20H23ClN2O3. The molecule has 1 unspecified atom stereocenters. The fourth-order valence-electron chi connectivity index (χ4n) is 2.52. The summed E-state index contributed by atoms with van der Waals surface area (Å²) in [6.45, 7) is 4.21. The summed E-state index contributed by atoms with van der Waals surface area (Å²) in [5, 5.41) is 5.97. The van der Waals surface area contributed by atoms with E-state index in [2.05, 4.69) is 10.6 Å². The van der Waals surface area contributed by atoms with E-state index in [0.717, 1.165) is 5.56 Å². The van der Waals surface area contributed by atoms with Gasteiger partial charge < -0.3 is 15.4 Å². The van der Waals surface area contributed by atoms with Gasteiger partial charge in [0.25, 0.3) is 5.91 Å². The summed E-state index contributed by atoms with van der Waals surface area (Å²) >= 11 is 6.07. The summed E-state index contributed by atoms with van der Waals surface area (Å²) in [6.07, 6.45) is 0. The van der Waals surface area contributed by atoms with Crippen LogP contribution in [0.1, 0.15) is 29.8 Å². The van der Waals surface area contributed by atoms with Crippen LogP contribution in [0.15, 0.2) is 48.5 Å². The van der Waals surface area contributed by atoms with Crippen molar-refractivity contribution in [2.24, 2.45) is 5.92 Å². The maximum Gasteiger partial charge on any atom is 0.253 e. The van der Waals surface area contributed by atoms with Gasteiger partial charge in [-0.25, -0.2) is 0 Å². The minimum atomic E-state index is -0.690. The van der Waals surface area contributed by atoms with Crippen LogP contribution in [0.25, 0.3) is 0 Å². The lowest BCUT2D eigenvalue weighted by Gasteiger charge is -2.22. The van der Waals surface area contributed by atoms with Gasteiger partial charge in [-0.05, 0) is 35.7 Å². The smallest absolute Gasteiger partial charge is 0.253 e. The van der Waals surface area contributed by atoms with Gasteiger partial charge in [-0.1, -0.05) is 49.7 Å². The largest absolute Gasteiger partial charge is 0.380 e. The molecule has 0 bridgehead atoms. The topological polar surface area (TPSA) is 67.4 Å². The van der Waals surface area contributed by atoms with E-state index in [0.29, 0.717) is 22.9 Å². The number of amides is 2. The van der Waals surface area contributed by atoms with Crippen LogP contribution in [0.5, 0.6) is 0 Å². The number of ether oxygens (including phenoxy) is 1. The number of nitrogens with one attached hydrogen (secondary N) is 2. The monoisotopic (exact) mass is 374 g/mol. The molecule has 0 aliphatic heterocycles. The molecule has 0 saturated heterocycles. The van der Waals surface area contributed by atoms with Crippen LogP contribution >= 0.6 is 11.6 Å². The van der Waals surface area contributed by atoms with Gasteiger partial charge >= 0.3 is 0 Å². The molecule has 2 aromatic rings. The lowest BCUT2D eigenvalue weighted by Crippen LogP contribution is -2.47. The Balaban J connectivity index is 2.11. The number of hydrogen-bond acceptors (Lipinski definition) is 3. The quantitative estimate of drug-likeness (QED) is 0.772. The average molecular weight is 375 g/mol. The highest BCUT2D eigenvalue weighted by molar-refractivity contribution is 6.33. The van der Waals surface area contributed by atoms with Crippen molar-refractivity contribution in [3.63, 3.8) is 0 Å². The van der Waals surface area contributed by atoms with Crippen molar-refractivity contribution in [3.05, 3.63) is 64.7 Å². The Kier molecular flexibility index (Phi) is 7.18. The van der Waals surface area contributed by atoms with Crippen LogP contribution in [0, 0.1) is 5.92 Å². The van der Waals surface area contributed by atoms with Crippen LogP contribution in [0.2, 0.25) is 5.02 Å². The zero-order valence-corrected chi connectivity index (χ0v) is 15.8. The number of anilines is 1. The molecular weight excluding hydrogens is 352 g/mol. The van der Waals surface area contributed by atoms with E-state index in [1.165, 1.54) is 0 Å². The second kappa shape index (κ2) is 9.36. The van der Waals surface area contributed by atoms with Gasteiger partial charge in [-0.2, -0.15) is 0 Å². The molecule has 2 amide bonds. The number of methoxy groups -OCH3 is 1. The molecule has 0 heterocycles. The maximum atomic E-state index is 12.7. The van der Waals surface area contributed by atoms with E-state index in [4.69, 9.17) is 16.3 Å². The molecule has 0 aromatic heterocycles. The summed E-state index contributed by atoms with van der Waals surface area (Å²) in [5.74, 6) is -0.754. The number of rotatable bonds is 7. The van der Waals surface area contributed by atoms with E-state index in [1.807, 2.05) is 32.0 Å². The zero-order valence-electron chi connectivity index (χ0n) is 15.1. The molecule has 6 heteroatoms. The first-order valence-electron chi connectivity index (χ1n) is 8.36. The molecule has 2 rings (SSSR count). The maximum absolute atomic E-state index is 12.7. The van der Waals surface area contributed by atoms with Crippen LogP contribution in [0.4, 0.5) is 5.69 Å². The van der Waals surface area contributed by atoms with Gasteiger partial charge in [-0.3, -0.25) is 9.59 Å². The summed E-state index contributed by atoms with van der Waals surface area (Å²) in [5.41, 5.74) is 1.95. The highest BCUT2D eigenvalue weighted by Gasteiger charge is 2.25. The molecule has 1 atom stereocenters. The van der Waals surface area contributed by atoms with Crippen molar-refractivity contribution >= 4 is 29.1 Å². The van der Waals surface area contributed by atoms with Gasteiger partial charge in [0.2, 0.25) is 5.91 Å². The van der Waals surface area contributed by atoms with Gasteiger partial charge in [0.15, 0.2) is 0 Å². The molecule has 26 heavy (non-hydrogen) atoms. The van der Waals surface area contributed by atoms with Crippen molar-refractivity contribution in [1.82, 2.24) is 5.32 Å². The molecule has 0 fully saturated rings. The number of benzene rings is 2. The Hall–Kier alpha value is -2.37. The van der Waals surface area contributed by atoms with Crippen molar-refractivity contribution < 1.29 is 14.3 Å². The molecule has 2 N–H and O–H groups in total. The van der Waals surface area contributed by atoms with E-state index < -0.39 is 6.04 Å². The van der Waals surface area contributed by atoms with Crippen LogP contribution in [0.3, 0.4) is 0 Å². The van der Waals surface area contributed by atoms with Crippen LogP contribution in [-0.2, 0) is 16.1 Å². The third kappa shape index (κ3) is 5.31. The van der Waals surface area contributed by atoms with Crippen LogP contribution in [-0.4, -0.2) is 25.0 Å². The molecule has 0 radical (unpaired) electrons. The van der Waals surface area contributed by atoms with Gasteiger partial charge in [0, 0.05) is 12.8 Å². The number of hydrogen-bond donors (Lipinski definition) is 2. The molecule has 2 aromatic carbocycles. The van der Waals surface area contributed by atoms with Crippen molar-refractivity contribution in [2.45, 2.75) is 26.5 Å². The van der Waals surface area contributed by atoms with E-state index in [9.17, 15) is 9.59 Å². The fraction of sp³-hybridized carbons (Fsp3) is 0.300. The van der Waals surface area contributed by atoms with E-state index in [-0.39, 0.29) is 17.7 Å². The molecule has 0 spiro atoms. The van der Waals surface area contributed by atoms with E-state index in [1.54, 1.807) is 37.4 Å². The van der Waals surface area contributed by atoms with Crippen molar-refractivity contribution in [3.8, 4) is 0 Å². The number of carbonyl (C=O) groups is 2. The average Bonchev–Trinajstić information content (AvgIpc) is 2.60. The van der Waals surface area contributed by atoms with Gasteiger partial charge in [0.1, 0.15) is 6.04 Å². The first-order valence-corrected chi connectivity index (χ1v) is 8.74. The third-order valence-electron chi connectivity index (χ3n) is 3.86. The molecule has 0 aliphatic carbocycles. The fourth-order valence-corrected chi connectivity index (χ4v) is 2.75. The Morgan fingerprint density at radius 3 is 2.50 bits per heavy atom. The van der Waals surface area contributed by atoms with Crippen molar-refractivity contribution in [1.29, 1.82) is 0 Å². The predicted octanol–water partition coefficient (Wildman–Crippen LogP) is 3.88. The number of carbonyl (C=O) groups excluding carboxylic acids is 2. The highest BCUT2D eigenvalue weighted by Crippen LogP contribution is 2.17. The zero-order chi connectivity index (χ0) is 19.1. The normalized spacial score (nSPS) is 11.9. The minimum Gasteiger partial charge on any atom is -0.380 e. The van der Waals surface area contributed by atoms with Crippen LogP contribution < -0.4 is 10.6 Å². The lowest BCUT2D eigenvalue weighted by molar-refractivity contribution is -0.118. The first kappa shape index (κ1) is 19.9. The van der Waals surface area contributed by atoms with Crippen molar-refractivity contribution in [2.75, 3.05) is 12.4 Å². The first-order chi connectivity index (χ1) is 12.4. The molecule has 0 aliphatic rings. The number of halogens is 1. The summed E-state index contributed by atoms with van der Waals surface area (Å²) in [4.78, 5) is 25.2. The Bertz CT molecular complexity index is 777. The standard InChI is InChI=1S/C20H23ClN2O3/c1-13(2)18(23-19(24)16-9-4-5-10-17(16)21)20(25)22-15-8-6-7-14(11-15)12-26-3/h4-11,13,18H,12H2,1-3H3,(H,22,25)(H,23,24). The Morgan fingerprint density at radius 1 is 1.12 bits per heavy atom. The predicted molar refractivity (Wildman–Crippen MR) is 103 cm³/mol. The second-order valence-corrected chi connectivity index (χ2v) is 6.70. The molecule has 5 nitrogen and oxygen atoms in total. The minimum absolute atomic E-state index is 0.0939. The molecule has 0 saturated carbocycles. The Labute approximate surface area is 158 Å². The summed E-state index contributed by atoms with van der Waals surface area (Å²) in [7, 11) is 1.62. The summed E-state index contributed by atoms with van der Waals surface area (Å²) < 4.78 is 5.10. The Morgan fingerprint density at radius 2 is 1.85 bits per heavy atom. The molecule has 138 valence electrons. The highest BCUT2D eigenvalue weighted by atomic mass is 35.5. The summed E-state index contributed by atoms with van der Waals surface area (Å²) in [6, 6.07) is 13.5. The lowest BCUT2D eigenvalue weighted by atomic mass is 10.0. The third-order valence-corrected chi connectivity index (χ3v) is 4.19. The second-order valence-electron chi connectivity index (χ2n) is 6.30. The SMILES string of the molecule is COCc1cccc(NC(=O)C(NC(=O)c2ccccc2Cl)C(C)C)c1. The van der Waals surface area contributed by atoms with Gasteiger partial charge in [0.05, 0.1) is 17.2 Å².